The third-order valence-corrected chi connectivity index (χ3v) is 10.2. The Labute approximate surface area is 346 Å². The third kappa shape index (κ3) is 40.2. The summed E-state index contributed by atoms with van der Waals surface area (Å²) in [5.41, 5.74) is 0. The molecule has 0 aromatic heterocycles. The van der Waals surface area contributed by atoms with E-state index in [9.17, 15) is 29.3 Å². The molecule has 0 spiro atoms. The Morgan fingerprint density at radius 2 is 0.825 bits per heavy atom. The quantitative estimate of drug-likeness (QED) is 0.0235. The van der Waals surface area contributed by atoms with Crippen molar-refractivity contribution in [2.45, 2.75) is 193 Å². The van der Waals surface area contributed by atoms with Gasteiger partial charge in [0.2, 0.25) is 0 Å². The van der Waals surface area contributed by atoms with E-state index in [1.165, 1.54) is 57.8 Å². The van der Waals surface area contributed by atoms with Crippen LogP contribution in [0.2, 0.25) is 0 Å². The number of phosphoric acid groups is 1. The van der Waals surface area contributed by atoms with Crippen LogP contribution >= 0.6 is 7.82 Å². The highest BCUT2D eigenvalue weighted by Crippen LogP contribution is 2.43. The zero-order valence-electron chi connectivity index (χ0n) is 35.8. The summed E-state index contributed by atoms with van der Waals surface area (Å²) in [4.78, 5) is 34.5. The maximum absolute atomic E-state index is 12.4. The second-order valence-corrected chi connectivity index (χ2v) is 16.1. The lowest BCUT2D eigenvalue weighted by atomic mass is 10.1. The molecular weight excluding hydrogens is 743 g/mol. The second-order valence-electron chi connectivity index (χ2n) is 14.6. The van der Waals surface area contributed by atoms with E-state index in [4.69, 9.17) is 18.5 Å². The van der Waals surface area contributed by atoms with E-state index >= 15 is 0 Å². The summed E-state index contributed by atoms with van der Waals surface area (Å²) in [5.74, 6) is -1.04. The number of hydrogen-bond donors (Lipinski definition) is 3. The van der Waals surface area contributed by atoms with Gasteiger partial charge >= 0.3 is 19.8 Å². The number of ether oxygens (including phenoxy) is 2. The summed E-state index contributed by atoms with van der Waals surface area (Å²) in [6, 6.07) is 0. The molecule has 0 saturated carbocycles. The lowest BCUT2D eigenvalue weighted by Gasteiger charge is -2.20. The van der Waals surface area contributed by atoms with Gasteiger partial charge in [0.25, 0.3) is 0 Å². The number of phosphoric ester groups is 1. The number of unbranched alkanes of at least 4 members (excludes halogenated alkanes) is 17. The highest BCUT2D eigenvalue weighted by molar-refractivity contribution is 7.47. The molecule has 0 aromatic carbocycles. The molecule has 11 heteroatoms. The maximum atomic E-state index is 12.4. The Hall–Kier alpha value is -2.33. The first-order valence-corrected chi connectivity index (χ1v) is 23.7. The molecule has 0 aliphatic carbocycles. The fourth-order valence-corrected chi connectivity index (χ4v) is 6.59. The number of allylic oxidation sites excluding steroid dienone is 10. The maximum Gasteiger partial charge on any atom is 0.472 e. The van der Waals surface area contributed by atoms with E-state index in [1.807, 2.05) is 0 Å². The number of esters is 2. The third-order valence-electron chi connectivity index (χ3n) is 9.21. The van der Waals surface area contributed by atoms with Crippen LogP contribution in [0, 0.1) is 0 Å². The van der Waals surface area contributed by atoms with Gasteiger partial charge in [-0.1, -0.05) is 152 Å². The van der Waals surface area contributed by atoms with Gasteiger partial charge in [-0.2, -0.15) is 0 Å². The highest BCUT2D eigenvalue weighted by atomic mass is 31.2. The van der Waals surface area contributed by atoms with E-state index in [0.29, 0.717) is 12.8 Å². The van der Waals surface area contributed by atoms with Crippen LogP contribution in [0.3, 0.4) is 0 Å². The minimum atomic E-state index is -4.64. The van der Waals surface area contributed by atoms with Gasteiger partial charge in [-0.25, -0.2) is 4.57 Å². The summed E-state index contributed by atoms with van der Waals surface area (Å²) in [6.45, 7) is 2.05. The minimum absolute atomic E-state index is 0.178. The molecule has 0 saturated heterocycles. The molecule has 3 atom stereocenters. The lowest BCUT2D eigenvalue weighted by Crippen LogP contribution is -2.28. The molecule has 3 N–H and O–H groups in total. The molecule has 0 rings (SSSR count). The standard InChI is InChI=1S/C46H81O10P/c1-3-5-7-9-11-13-15-17-19-21-23-25-27-29-31-33-35-37-45(49)55-43(39-47)41-53-57(51,52)54-42-44(40-48)56-46(50)38-36-34-32-30-28-26-24-22-20-18-16-14-12-10-8-6-4-2/h5,7,11-14,17-20,43-44,47-48H,3-4,6,8-10,15-16,21-42H2,1-2H3,(H,51,52)/b7-5-,13-11-,14-12-,19-17-,20-18-. The zero-order valence-corrected chi connectivity index (χ0v) is 36.7. The first kappa shape index (κ1) is 54.7. The number of hydrogen-bond acceptors (Lipinski definition) is 9. The number of rotatable bonds is 41. The van der Waals surface area contributed by atoms with Crippen LogP contribution in [-0.4, -0.2) is 65.7 Å². The van der Waals surface area contributed by atoms with Crippen LogP contribution in [0.25, 0.3) is 0 Å². The molecule has 3 unspecified atom stereocenters. The fourth-order valence-electron chi connectivity index (χ4n) is 5.81. The largest absolute Gasteiger partial charge is 0.472 e. The van der Waals surface area contributed by atoms with E-state index in [1.54, 1.807) is 0 Å². The Morgan fingerprint density at radius 3 is 1.19 bits per heavy atom. The Bertz CT molecular complexity index is 1130. The van der Waals surface area contributed by atoms with Crippen molar-refractivity contribution in [3.05, 3.63) is 60.8 Å². The number of carbonyl (C=O) groups excluding carboxylic acids is 2. The molecular formula is C46H81O10P. The Kier molecular flexibility index (Phi) is 40.1. The average Bonchev–Trinajstić information content (AvgIpc) is 3.20. The van der Waals surface area contributed by atoms with E-state index < -0.39 is 58.4 Å². The first-order valence-electron chi connectivity index (χ1n) is 22.2. The number of aliphatic hydroxyl groups is 2. The van der Waals surface area contributed by atoms with Gasteiger partial charge in [0.05, 0.1) is 26.4 Å². The van der Waals surface area contributed by atoms with Crippen LogP contribution in [0.4, 0.5) is 0 Å². The summed E-state index contributed by atoms with van der Waals surface area (Å²) >= 11 is 0. The average molecular weight is 825 g/mol. The van der Waals surface area contributed by atoms with Crippen molar-refractivity contribution in [3.8, 4) is 0 Å². The second kappa shape index (κ2) is 41.8. The molecule has 330 valence electrons. The lowest BCUT2D eigenvalue weighted by molar-refractivity contribution is -0.153. The topological polar surface area (TPSA) is 149 Å². The van der Waals surface area contributed by atoms with Crippen molar-refractivity contribution < 1.29 is 47.8 Å². The zero-order chi connectivity index (χ0) is 41.9. The van der Waals surface area contributed by atoms with Crippen molar-refractivity contribution in [1.29, 1.82) is 0 Å². The molecule has 57 heavy (non-hydrogen) atoms. The predicted molar refractivity (Wildman–Crippen MR) is 233 cm³/mol. The van der Waals surface area contributed by atoms with Gasteiger partial charge < -0.3 is 24.6 Å². The van der Waals surface area contributed by atoms with Gasteiger partial charge in [0, 0.05) is 12.8 Å². The molecule has 10 nitrogen and oxygen atoms in total. The minimum Gasteiger partial charge on any atom is -0.457 e. The fraction of sp³-hybridized carbons (Fsp3) is 0.739. The van der Waals surface area contributed by atoms with Crippen molar-refractivity contribution in [1.82, 2.24) is 0 Å². The smallest absolute Gasteiger partial charge is 0.457 e. The van der Waals surface area contributed by atoms with Gasteiger partial charge in [0.1, 0.15) is 12.2 Å². The van der Waals surface area contributed by atoms with Gasteiger partial charge in [-0.3, -0.25) is 18.6 Å². The summed E-state index contributed by atoms with van der Waals surface area (Å²) in [5, 5.41) is 19.2. The van der Waals surface area contributed by atoms with Crippen LogP contribution < -0.4 is 0 Å². The van der Waals surface area contributed by atoms with Crippen LogP contribution in [0.15, 0.2) is 60.8 Å². The molecule has 0 aliphatic heterocycles. The molecule has 0 aromatic rings. The normalized spacial score (nSPS) is 14.4. The van der Waals surface area contributed by atoms with Crippen LogP contribution in [0.1, 0.15) is 181 Å². The summed E-state index contributed by atoms with van der Waals surface area (Å²) < 4.78 is 32.6. The number of aliphatic hydroxyl groups excluding tert-OH is 2. The van der Waals surface area contributed by atoms with Crippen molar-refractivity contribution >= 4 is 19.8 Å². The molecule has 0 bridgehead atoms. The monoisotopic (exact) mass is 825 g/mol. The van der Waals surface area contributed by atoms with Gasteiger partial charge in [-0.15, -0.1) is 0 Å². The van der Waals surface area contributed by atoms with Crippen molar-refractivity contribution in [3.63, 3.8) is 0 Å². The van der Waals surface area contributed by atoms with Gasteiger partial charge in [-0.05, 0) is 77.0 Å². The molecule has 0 radical (unpaired) electrons. The van der Waals surface area contributed by atoms with Gasteiger partial charge in [0.15, 0.2) is 0 Å². The highest BCUT2D eigenvalue weighted by Gasteiger charge is 2.27. The Morgan fingerprint density at radius 1 is 0.491 bits per heavy atom. The number of carbonyl (C=O) groups is 2. The SMILES string of the molecule is CC/C=C\C/C=C\C/C=C\CCCCCCCCCC(=O)OC(CO)COP(=O)(O)OCC(CO)OC(=O)CCCCCCCCC/C=C\C/C=C\CCCCC. The predicted octanol–water partition coefficient (Wildman–Crippen LogP) is 11.9. The molecule has 0 aliphatic rings. The van der Waals surface area contributed by atoms with E-state index in [2.05, 4.69) is 74.6 Å². The van der Waals surface area contributed by atoms with Crippen LogP contribution in [0.5, 0.6) is 0 Å². The van der Waals surface area contributed by atoms with E-state index in [-0.39, 0.29) is 12.8 Å². The molecule has 0 amide bonds. The van der Waals surface area contributed by atoms with Crippen molar-refractivity contribution in [2.24, 2.45) is 0 Å². The Balaban J connectivity index is 3.94. The first-order chi connectivity index (χ1) is 27.8. The summed E-state index contributed by atoms with van der Waals surface area (Å²) in [6.07, 6.45) is 46.1. The van der Waals surface area contributed by atoms with Crippen LogP contribution in [-0.2, 0) is 32.7 Å². The molecule has 0 fully saturated rings. The van der Waals surface area contributed by atoms with E-state index in [0.717, 1.165) is 83.5 Å². The molecule has 0 heterocycles. The van der Waals surface area contributed by atoms with Crippen molar-refractivity contribution in [2.75, 3.05) is 26.4 Å². The summed E-state index contributed by atoms with van der Waals surface area (Å²) in [7, 11) is -4.64.